The molecular formula is C13H17FO3. The lowest BCUT2D eigenvalue weighted by atomic mass is 9.98. The zero-order valence-corrected chi connectivity index (χ0v) is 10.1. The fourth-order valence-corrected chi connectivity index (χ4v) is 1.66. The lowest BCUT2D eigenvalue weighted by Gasteiger charge is -2.14. The lowest BCUT2D eigenvalue weighted by Crippen LogP contribution is -2.10. The second-order valence-corrected chi connectivity index (χ2v) is 3.88. The standard InChI is InChI=1S/C13H17FO3/c1-3-4-5-12(15)10-7-6-9(14)8-11(10)13(16)17-2/h6-8,12,15H,3-5H2,1-2H3. The van der Waals surface area contributed by atoms with E-state index in [1.807, 2.05) is 6.92 Å². The molecule has 0 saturated carbocycles. The molecule has 0 heterocycles. The summed E-state index contributed by atoms with van der Waals surface area (Å²) in [5.41, 5.74) is 0.516. The summed E-state index contributed by atoms with van der Waals surface area (Å²) in [4.78, 5) is 11.5. The van der Waals surface area contributed by atoms with Gasteiger partial charge in [-0.2, -0.15) is 0 Å². The van der Waals surface area contributed by atoms with Crippen LogP contribution in [0.15, 0.2) is 18.2 Å². The van der Waals surface area contributed by atoms with E-state index in [4.69, 9.17) is 0 Å². The number of benzene rings is 1. The third kappa shape index (κ3) is 3.53. The van der Waals surface area contributed by atoms with Crippen LogP contribution in [0.2, 0.25) is 0 Å². The Bertz CT molecular complexity index is 390. The van der Waals surface area contributed by atoms with Gasteiger partial charge in [0, 0.05) is 0 Å². The predicted octanol–water partition coefficient (Wildman–Crippen LogP) is 2.84. The number of halogens is 1. The molecule has 1 aromatic carbocycles. The van der Waals surface area contributed by atoms with Crippen molar-refractivity contribution in [3.63, 3.8) is 0 Å². The van der Waals surface area contributed by atoms with Crippen LogP contribution in [0.25, 0.3) is 0 Å². The van der Waals surface area contributed by atoms with Gasteiger partial charge in [0.1, 0.15) is 5.82 Å². The molecular weight excluding hydrogens is 223 g/mol. The Hall–Kier alpha value is -1.42. The van der Waals surface area contributed by atoms with Gasteiger partial charge in [0.05, 0.1) is 18.8 Å². The summed E-state index contributed by atoms with van der Waals surface area (Å²) in [6.45, 7) is 2.01. The summed E-state index contributed by atoms with van der Waals surface area (Å²) >= 11 is 0. The Labute approximate surface area is 100 Å². The largest absolute Gasteiger partial charge is 0.465 e. The first-order chi connectivity index (χ1) is 8.10. The van der Waals surface area contributed by atoms with Crippen molar-refractivity contribution in [2.75, 3.05) is 7.11 Å². The maximum absolute atomic E-state index is 13.1. The van der Waals surface area contributed by atoms with Crippen molar-refractivity contribution in [3.05, 3.63) is 35.1 Å². The first-order valence-corrected chi connectivity index (χ1v) is 5.66. The van der Waals surface area contributed by atoms with E-state index in [-0.39, 0.29) is 5.56 Å². The van der Waals surface area contributed by atoms with Gasteiger partial charge in [0.25, 0.3) is 0 Å². The van der Waals surface area contributed by atoms with Crippen LogP contribution in [-0.4, -0.2) is 18.2 Å². The molecule has 1 aromatic rings. The number of aliphatic hydroxyl groups is 1. The zero-order valence-electron chi connectivity index (χ0n) is 10.1. The minimum atomic E-state index is -0.760. The van der Waals surface area contributed by atoms with Gasteiger partial charge in [-0.25, -0.2) is 9.18 Å². The third-order valence-electron chi connectivity index (χ3n) is 2.61. The maximum Gasteiger partial charge on any atom is 0.338 e. The van der Waals surface area contributed by atoms with Gasteiger partial charge >= 0.3 is 5.97 Å². The number of carbonyl (C=O) groups is 1. The minimum absolute atomic E-state index is 0.0936. The first-order valence-electron chi connectivity index (χ1n) is 5.66. The van der Waals surface area contributed by atoms with Crippen LogP contribution in [0, 0.1) is 5.82 Å². The van der Waals surface area contributed by atoms with Crippen LogP contribution in [0.4, 0.5) is 4.39 Å². The van der Waals surface area contributed by atoms with Gasteiger partial charge in [-0.3, -0.25) is 0 Å². The van der Waals surface area contributed by atoms with Gasteiger partial charge in [0.15, 0.2) is 0 Å². The molecule has 0 aromatic heterocycles. The molecule has 0 bridgehead atoms. The average Bonchev–Trinajstić information content (AvgIpc) is 2.34. The van der Waals surface area contributed by atoms with E-state index in [0.717, 1.165) is 18.9 Å². The lowest BCUT2D eigenvalue weighted by molar-refractivity contribution is 0.0591. The molecule has 94 valence electrons. The molecule has 4 heteroatoms. The van der Waals surface area contributed by atoms with E-state index in [9.17, 15) is 14.3 Å². The fourth-order valence-electron chi connectivity index (χ4n) is 1.66. The molecule has 1 atom stereocenters. The number of unbranched alkanes of at least 4 members (excludes halogenated alkanes) is 1. The molecule has 0 fully saturated rings. The predicted molar refractivity (Wildman–Crippen MR) is 62.2 cm³/mol. The van der Waals surface area contributed by atoms with E-state index in [0.29, 0.717) is 12.0 Å². The summed E-state index contributed by atoms with van der Waals surface area (Å²) in [6.07, 6.45) is 1.58. The summed E-state index contributed by atoms with van der Waals surface area (Å²) < 4.78 is 17.6. The van der Waals surface area contributed by atoms with Crippen LogP contribution < -0.4 is 0 Å². The van der Waals surface area contributed by atoms with Crippen LogP contribution >= 0.6 is 0 Å². The average molecular weight is 240 g/mol. The SMILES string of the molecule is CCCCC(O)c1ccc(F)cc1C(=O)OC. The molecule has 0 aliphatic carbocycles. The second kappa shape index (κ2) is 6.35. The topological polar surface area (TPSA) is 46.5 Å². The Morgan fingerprint density at radius 2 is 2.24 bits per heavy atom. The monoisotopic (exact) mass is 240 g/mol. The molecule has 1 rings (SSSR count). The quantitative estimate of drug-likeness (QED) is 0.805. The number of hydrogen-bond donors (Lipinski definition) is 1. The molecule has 0 saturated heterocycles. The van der Waals surface area contributed by atoms with E-state index >= 15 is 0 Å². The van der Waals surface area contributed by atoms with Crippen LogP contribution in [0.1, 0.15) is 48.2 Å². The summed E-state index contributed by atoms with van der Waals surface area (Å²) in [7, 11) is 1.23. The van der Waals surface area contributed by atoms with Crippen molar-refractivity contribution < 1.29 is 19.0 Å². The van der Waals surface area contributed by atoms with Gasteiger partial charge in [-0.05, 0) is 24.1 Å². The highest BCUT2D eigenvalue weighted by Gasteiger charge is 2.18. The number of methoxy groups -OCH3 is 1. The molecule has 0 spiro atoms. The summed E-state index contributed by atoms with van der Waals surface area (Å²) in [5.74, 6) is -1.15. The van der Waals surface area contributed by atoms with E-state index in [1.54, 1.807) is 0 Å². The highest BCUT2D eigenvalue weighted by molar-refractivity contribution is 5.91. The summed E-state index contributed by atoms with van der Waals surface area (Å²) in [5, 5.41) is 9.94. The smallest absolute Gasteiger partial charge is 0.338 e. The van der Waals surface area contributed by atoms with Crippen molar-refractivity contribution in [1.29, 1.82) is 0 Å². The van der Waals surface area contributed by atoms with Crippen molar-refractivity contribution >= 4 is 5.97 Å². The summed E-state index contributed by atoms with van der Waals surface area (Å²) in [6, 6.07) is 3.76. The Morgan fingerprint density at radius 1 is 1.53 bits per heavy atom. The van der Waals surface area contributed by atoms with Crippen molar-refractivity contribution in [1.82, 2.24) is 0 Å². The number of esters is 1. The molecule has 0 aliphatic rings. The second-order valence-electron chi connectivity index (χ2n) is 3.88. The number of hydrogen-bond acceptors (Lipinski definition) is 3. The van der Waals surface area contributed by atoms with E-state index < -0.39 is 17.9 Å². The maximum atomic E-state index is 13.1. The Morgan fingerprint density at radius 3 is 2.82 bits per heavy atom. The fraction of sp³-hybridized carbons (Fsp3) is 0.462. The van der Waals surface area contributed by atoms with Crippen molar-refractivity contribution in [2.24, 2.45) is 0 Å². The normalized spacial score (nSPS) is 12.2. The molecule has 0 radical (unpaired) electrons. The van der Waals surface area contributed by atoms with E-state index in [1.165, 1.54) is 19.2 Å². The molecule has 0 aliphatic heterocycles. The molecule has 1 unspecified atom stereocenters. The molecule has 17 heavy (non-hydrogen) atoms. The van der Waals surface area contributed by atoms with E-state index in [2.05, 4.69) is 4.74 Å². The number of carbonyl (C=O) groups excluding carboxylic acids is 1. The number of rotatable bonds is 5. The van der Waals surface area contributed by atoms with Crippen molar-refractivity contribution in [2.45, 2.75) is 32.3 Å². The molecule has 3 nitrogen and oxygen atoms in total. The third-order valence-corrected chi connectivity index (χ3v) is 2.61. The zero-order chi connectivity index (χ0) is 12.8. The van der Waals surface area contributed by atoms with Gasteiger partial charge < -0.3 is 9.84 Å². The highest BCUT2D eigenvalue weighted by Crippen LogP contribution is 2.24. The van der Waals surface area contributed by atoms with Crippen LogP contribution in [0.5, 0.6) is 0 Å². The molecule has 0 amide bonds. The molecule has 1 N–H and O–H groups in total. The first kappa shape index (κ1) is 13.6. The van der Waals surface area contributed by atoms with Gasteiger partial charge in [-0.1, -0.05) is 25.8 Å². The van der Waals surface area contributed by atoms with Crippen LogP contribution in [-0.2, 0) is 4.74 Å². The van der Waals surface area contributed by atoms with Crippen molar-refractivity contribution in [3.8, 4) is 0 Å². The van der Waals surface area contributed by atoms with Gasteiger partial charge in [-0.15, -0.1) is 0 Å². The Balaban J connectivity index is 3.01. The van der Waals surface area contributed by atoms with Gasteiger partial charge in [0.2, 0.25) is 0 Å². The van der Waals surface area contributed by atoms with Crippen LogP contribution in [0.3, 0.4) is 0 Å². The number of aliphatic hydroxyl groups excluding tert-OH is 1. The highest BCUT2D eigenvalue weighted by atomic mass is 19.1. The Kier molecular flexibility index (Phi) is 5.10. The number of ether oxygens (including phenoxy) is 1. The minimum Gasteiger partial charge on any atom is -0.465 e.